The number of Topliss-reactive ketones (excluding diaryl/α,β-unsaturated/α-hetero) is 1. The lowest BCUT2D eigenvalue weighted by molar-refractivity contribution is -0.228. The molecule has 2 heterocycles. The van der Waals surface area contributed by atoms with Crippen LogP contribution in [-0.4, -0.2) is 124 Å². The number of amides is 6. The molecule has 1 aromatic heterocycles. The number of benzene rings is 1. The molecule has 4 aliphatic carbocycles. The summed E-state index contributed by atoms with van der Waals surface area (Å²) in [5.74, 6) is -1.55. The molecule has 5 aliphatic rings. The zero-order valence-electron chi connectivity index (χ0n) is 39.5. The number of urea groups is 1. The molecule has 1 saturated heterocycles. The van der Waals surface area contributed by atoms with Gasteiger partial charge in [-0.3, -0.25) is 14.4 Å². The van der Waals surface area contributed by atoms with E-state index < -0.39 is 70.2 Å². The van der Waals surface area contributed by atoms with Crippen LogP contribution < -0.4 is 27.3 Å². The molecule has 1 aromatic carbocycles. The zero-order chi connectivity index (χ0) is 49.0. The third kappa shape index (κ3) is 10.4. The number of aliphatic hydroxyl groups is 2. The number of anilines is 1. The normalized spacial score (nSPS) is 30.7. The average molecular weight is 965 g/mol. The van der Waals surface area contributed by atoms with Crippen LogP contribution in [0.25, 0.3) is 0 Å². The zero-order valence-corrected chi connectivity index (χ0v) is 40.4. The van der Waals surface area contributed by atoms with Crippen LogP contribution in [0.2, 0.25) is 0 Å². The number of nitrogens with one attached hydrogen (secondary N) is 3. The van der Waals surface area contributed by atoms with Gasteiger partial charge in [-0.2, -0.15) is 11.8 Å². The number of ether oxygens (including phenoxy) is 2. The molecule has 7 N–H and O–H groups in total. The molecule has 2 aromatic rings. The molecule has 7 rings (SSSR count). The number of hydrogen-bond donors (Lipinski definition) is 6. The van der Waals surface area contributed by atoms with Gasteiger partial charge in [-0.15, -0.1) is 0 Å². The van der Waals surface area contributed by atoms with Crippen molar-refractivity contribution in [3.05, 3.63) is 64.2 Å². The number of rotatable bonds is 15. The van der Waals surface area contributed by atoms with Crippen molar-refractivity contribution in [2.24, 2.45) is 40.2 Å². The fraction of sp³-hybridized carbons (Fsp3) is 0.653. The van der Waals surface area contributed by atoms with Crippen molar-refractivity contribution < 1.29 is 52.9 Å². The summed E-state index contributed by atoms with van der Waals surface area (Å²) in [7, 11) is 0. The summed E-state index contributed by atoms with van der Waals surface area (Å²) in [5, 5.41) is 32.6. The highest BCUT2D eigenvalue weighted by Gasteiger charge is 2.73. The summed E-state index contributed by atoms with van der Waals surface area (Å²) in [6, 6.07) is 8.28. The largest absolute Gasteiger partial charge is 0.446 e. The number of ketones is 1. The Bertz CT molecular complexity index is 2220. The van der Waals surface area contributed by atoms with E-state index in [2.05, 4.69) is 22.9 Å². The molecule has 4 saturated carbocycles. The van der Waals surface area contributed by atoms with E-state index in [0.717, 1.165) is 12.2 Å². The molecule has 0 radical (unpaired) electrons. The molecule has 0 spiro atoms. The maximum atomic E-state index is 14.3. The van der Waals surface area contributed by atoms with Crippen molar-refractivity contribution in [1.29, 1.82) is 0 Å². The summed E-state index contributed by atoms with van der Waals surface area (Å²) in [6.07, 6.45) is 6.20. The van der Waals surface area contributed by atoms with Gasteiger partial charge in [-0.05, 0) is 130 Å². The van der Waals surface area contributed by atoms with Crippen LogP contribution in [0, 0.1) is 34.5 Å². The quantitative estimate of drug-likeness (QED) is 0.132. The van der Waals surface area contributed by atoms with Gasteiger partial charge in [0.05, 0.1) is 17.3 Å². The van der Waals surface area contributed by atoms with Gasteiger partial charge in [0.15, 0.2) is 5.78 Å². The number of carbonyl (C=O) groups excluding carboxylic acids is 6. The van der Waals surface area contributed by atoms with Crippen molar-refractivity contribution in [2.45, 2.75) is 121 Å². The average Bonchev–Trinajstić information content (AvgIpc) is 3.61. The molecule has 6 amide bonds. The van der Waals surface area contributed by atoms with Crippen molar-refractivity contribution in [2.75, 3.05) is 50.0 Å². The maximum Gasteiger partial charge on any atom is 0.410 e. The van der Waals surface area contributed by atoms with E-state index in [1.165, 1.54) is 17.2 Å². The Balaban J connectivity index is 0.856. The van der Waals surface area contributed by atoms with Gasteiger partial charge in [0, 0.05) is 62.2 Å². The Morgan fingerprint density at radius 2 is 1.63 bits per heavy atom. The molecular formula is C49H68N6O12S. The second kappa shape index (κ2) is 21.2. The van der Waals surface area contributed by atoms with Gasteiger partial charge in [0.1, 0.15) is 24.9 Å². The number of nitrogens with two attached hydrogens (primary N) is 1. The van der Waals surface area contributed by atoms with Crippen LogP contribution in [0.5, 0.6) is 0 Å². The minimum absolute atomic E-state index is 0.0169. The summed E-state index contributed by atoms with van der Waals surface area (Å²) in [4.78, 5) is 92.9. The summed E-state index contributed by atoms with van der Waals surface area (Å²) in [6.45, 7) is 6.99. The molecule has 18 nitrogen and oxygen atoms in total. The molecule has 5 fully saturated rings. The third-order valence-electron chi connectivity index (χ3n) is 16.2. The van der Waals surface area contributed by atoms with Gasteiger partial charge in [-0.25, -0.2) is 19.2 Å². The van der Waals surface area contributed by atoms with E-state index in [1.807, 2.05) is 13.2 Å². The number of primary amides is 1. The first kappa shape index (κ1) is 50.7. The van der Waals surface area contributed by atoms with E-state index in [4.69, 9.17) is 19.6 Å². The number of fused-ring (bicyclic) bond motifs is 5. The Labute approximate surface area is 401 Å². The van der Waals surface area contributed by atoms with Crippen LogP contribution in [0.3, 0.4) is 0 Å². The molecule has 372 valence electrons. The fourth-order valence-electron chi connectivity index (χ4n) is 12.2. The molecular weight excluding hydrogens is 897 g/mol. The molecule has 1 aliphatic heterocycles. The van der Waals surface area contributed by atoms with E-state index in [1.54, 1.807) is 53.9 Å². The number of carbonyl (C=O) groups is 6. The minimum atomic E-state index is -1.33. The lowest BCUT2D eigenvalue weighted by Gasteiger charge is -2.64. The smallest absolute Gasteiger partial charge is 0.410 e. The molecule has 68 heavy (non-hydrogen) atoms. The number of hydrogen-bond acceptors (Lipinski definition) is 13. The third-order valence-corrected chi connectivity index (χ3v) is 16.9. The van der Waals surface area contributed by atoms with Gasteiger partial charge in [0.25, 0.3) is 0 Å². The van der Waals surface area contributed by atoms with Gasteiger partial charge in [0.2, 0.25) is 11.8 Å². The van der Waals surface area contributed by atoms with E-state index in [9.17, 15) is 43.8 Å². The Hall–Kier alpha value is -5.14. The number of nitrogens with zero attached hydrogens (tertiary/aromatic N) is 2. The number of aliphatic hydroxyl groups excluding tert-OH is 1. The SMILES string of the molecule is CSCC[C@H](C)C(=O)N[C@@H](CCCNC(N)=O)C(=O)Nc1ccc(COC(=O)N2CCN(C(=O)O[C@H]3CC[C@@]4(C)[C@H](CC[C@@H]5[C@@H]4[C@H](O)C(=O)[C@]4(C)[C@@H](c6ccc(=O)oc6)CC[C@]54O)C3)CC2)cc1. The van der Waals surface area contributed by atoms with Crippen LogP contribution in [0.15, 0.2) is 51.9 Å². The minimum Gasteiger partial charge on any atom is -0.446 e. The molecule has 11 atom stereocenters. The van der Waals surface area contributed by atoms with E-state index in [0.29, 0.717) is 68.2 Å². The topological polar surface area (TPSA) is 260 Å². The van der Waals surface area contributed by atoms with Crippen molar-refractivity contribution >= 4 is 53.3 Å². The predicted molar refractivity (Wildman–Crippen MR) is 252 cm³/mol. The Morgan fingerprint density at radius 1 is 0.926 bits per heavy atom. The number of thioether (sulfide) groups is 1. The van der Waals surface area contributed by atoms with Crippen molar-refractivity contribution in [1.82, 2.24) is 20.4 Å². The number of piperazine rings is 1. The standard InChI is InChI=1S/C49H68N6O12S/c1-29(17-25-68-4)42(59)53-37(6-5-20-51-44(50)61)43(60)52-33-11-7-30(8-12-33)27-66-45(62)54-21-23-55(24-22-54)46(63)67-34-15-18-47(2)32(26-34)10-13-36-39(47)40(57)41(58)48(3)35(16-19-49(36,48)64)31-9-14-38(56)65-28-31/h7-9,11-12,14,28-29,32,34-37,39-40,57,64H,5-6,10,13,15-27H2,1-4H3,(H,52,60)(H,53,59)(H3,50,51,61)/t29-,32+,34-,35+,36+,37-,39+,40-,47-,48-,49-/m0/s1. The second-order valence-electron chi connectivity index (χ2n) is 20.0. The maximum absolute atomic E-state index is 14.3. The first-order valence-electron chi connectivity index (χ1n) is 24.0. The predicted octanol–water partition coefficient (Wildman–Crippen LogP) is 4.75. The summed E-state index contributed by atoms with van der Waals surface area (Å²) >= 11 is 1.64. The molecule has 19 heteroatoms. The van der Waals surface area contributed by atoms with Crippen LogP contribution in [0.4, 0.5) is 20.1 Å². The summed E-state index contributed by atoms with van der Waals surface area (Å²) < 4.78 is 16.8. The first-order valence-corrected chi connectivity index (χ1v) is 25.4. The highest BCUT2D eigenvalue weighted by Crippen LogP contribution is 2.69. The van der Waals surface area contributed by atoms with Crippen LogP contribution in [0.1, 0.15) is 102 Å². The van der Waals surface area contributed by atoms with E-state index in [-0.39, 0.29) is 81.3 Å². The monoisotopic (exact) mass is 964 g/mol. The van der Waals surface area contributed by atoms with Crippen LogP contribution in [-0.2, 0) is 30.5 Å². The lowest BCUT2D eigenvalue weighted by Crippen LogP contribution is -2.70. The van der Waals surface area contributed by atoms with Crippen molar-refractivity contribution in [3.8, 4) is 0 Å². The van der Waals surface area contributed by atoms with E-state index >= 15 is 0 Å². The second-order valence-corrected chi connectivity index (χ2v) is 21.0. The van der Waals surface area contributed by atoms with Crippen LogP contribution >= 0.6 is 11.8 Å². The van der Waals surface area contributed by atoms with Crippen molar-refractivity contribution in [3.63, 3.8) is 0 Å². The van der Waals surface area contributed by atoms with Gasteiger partial charge < -0.3 is 55.6 Å². The molecule has 0 bridgehead atoms. The summed E-state index contributed by atoms with van der Waals surface area (Å²) in [5.41, 5.74) is 3.48. The highest BCUT2D eigenvalue weighted by atomic mass is 32.2. The Morgan fingerprint density at radius 3 is 2.29 bits per heavy atom. The first-order chi connectivity index (χ1) is 32.4. The fourth-order valence-corrected chi connectivity index (χ4v) is 12.8. The Kier molecular flexibility index (Phi) is 15.8. The lowest BCUT2D eigenvalue weighted by atomic mass is 9.42. The van der Waals surface area contributed by atoms with Gasteiger partial charge in [-0.1, -0.05) is 26.0 Å². The molecule has 0 unspecified atom stereocenters. The van der Waals surface area contributed by atoms with Gasteiger partial charge >= 0.3 is 23.8 Å². The highest BCUT2D eigenvalue weighted by molar-refractivity contribution is 7.98.